The molecule has 0 spiro atoms. The summed E-state index contributed by atoms with van der Waals surface area (Å²) >= 11 is 0. The lowest BCUT2D eigenvalue weighted by molar-refractivity contribution is -0.00406. The van der Waals surface area contributed by atoms with Crippen LogP contribution in [0.15, 0.2) is 24.3 Å². The van der Waals surface area contributed by atoms with Crippen LogP contribution in [0.4, 0.5) is 0 Å². The van der Waals surface area contributed by atoms with E-state index in [2.05, 4.69) is 6.92 Å². The Morgan fingerprint density at radius 3 is 1.96 bits per heavy atom. The molecule has 1 aromatic carbocycles. The van der Waals surface area contributed by atoms with E-state index < -0.39 is 0 Å². The summed E-state index contributed by atoms with van der Waals surface area (Å²) in [4.78, 5) is 24.2. The van der Waals surface area contributed by atoms with Crippen molar-refractivity contribution >= 4 is 11.9 Å². The summed E-state index contributed by atoms with van der Waals surface area (Å²) in [7, 11) is 0. The average molecular weight is 334 g/mol. The predicted octanol–water partition coefficient (Wildman–Crippen LogP) is 5.02. The van der Waals surface area contributed by atoms with Gasteiger partial charge in [0.1, 0.15) is 6.10 Å². The number of hydrogen-bond acceptors (Lipinski definition) is 4. The second-order valence-electron chi connectivity index (χ2n) is 7.09. The van der Waals surface area contributed by atoms with Crippen molar-refractivity contribution in [1.29, 1.82) is 0 Å². The van der Waals surface area contributed by atoms with Crippen molar-refractivity contribution in [2.75, 3.05) is 6.61 Å². The number of ether oxygens (including phenoxy) is 2. The minimum atomic E-state index is -0.361. The fraction of sp³-hybridized carbons (Fsp3) is 0.600. The van der Waals surface area contributed by atoms with E-state index in [-0.39, 0.29) is 23.5 Å². The van der Waals surface area contributed by atoms with E-state index in [1.807, 2.05) is 27.7 Å². The molecule has 1 unspecified atom stereocenters. The molecule has 0 aliphatic heterocycles. The zero-order chi connectivity index (χ0) is 18.2. The molecule has 24 heavy (non-hydrogen) atoms. The van der Waals surface area contributed by atoms with E-state index in [1.165, 1.54) is 0 Å². The van der Waals surface area contributed by atoms with E-state index in [9.17, 15) is 9.59 Å². The molecule has 0 aromatic heterocycles. The zero-order valence-electron chi connectivity index (χ0n) is 15.6. The van der Waals surface area contributed by atoms with Crippen LogP contribution in [-0.4, -0.2) is 24.6 Å². The Labute approximate surface area is 145 Å². The maximum absolute atomic E-state index is 12.2. The molecule has 1 rings (SSSR count). The number of esters is 2. The summed E-state index contributed by atoms with van der Waals surface area (Å²) in [6.45, 7) is 10.7. The lowest BCUT2D eigenvalue weighted by Gasteiger charge is -2.29. The van der Waals surface area contributed by atoms with Crippen LogP contribution in [0, 0.1) is 5.41 Å². The van der Waals surface area contributed by atoms with Gasteiger partial charge in [0.15, 0.2) is 0 Å². The quantitative estimate of drug-likeness (QED) is 0.495. The SMILES string of the molecule is CCCCCOC(=O)c1ccc(C(=O)OC(CC)C(C)(C)C)cc1. The first-order chi connectivity index (χ1) is 11.3. The summed E-state index contributed by atoms with van der Waals surface area (Å²) in [5.74, 6) is -0.716. The highest BCUT2D eigenvalue weighted by atomic mass is 16.5. The van der Waals surface area contributed by atoms with E-state index >= 15 is 0 Å². The van der Waals surface area contributed by atoms with Crippen LogP contribution in [0.25, 0.3) is 0 Å². The van der Waals surface area contributed by atoms with Crippen LogP contribution in [0.5, 0.6) is 0 Å². The Morgan fingerprint density at radius 2 is 1.50 bits per heavy atom. The van der Waals surface area contributed by atoms with Crippen LogP contribution in [0.3, 0.4) is 0 Å². The molecule has 4 nitrogen and oxygen atoms in total. The van der Waals surface area contributed by atoms with Crippen LogP contribution >= 0.6 is 0 Å². The number of carbonyl (C=O) groups excluding carboxylic acids is 2. The van der Waals surface area contributed by atoms with Crippen molar-refractivity contribution in [3.05, 3.63) is 35.4 Å². The molecule has 1 atom stereocenters. The highest BCUT2D eigenvalue weighted by Gasteiger charge is 2.27. The fourth-order valence-corrected chi connectivity index (χ4v) is 2.41. The number of benzene rings is 1. The average Bonchev–Trinajstić information content (AvgIpc) is 2.55. The van der Waals surface area contributed by atoms with Gasteiger partial charge in [-0.1, -0.05) is 47.5 Å². The van der Waals surface area contributed by atoms with Gasteiger partial charge in [0.25, 0.3) is 0 Å². The molecular weight excluding hydrogens is 304 g/mol. The summed E-state index contributed by atoms with van der Waals surface area (Å²) in [5.41, 5.74) is 0.790. The van der Waals surface area contributed by atoms with Crippen LogP contribution in [0.2, 0.25) is 0 Å². The third kappa shape index (κ3) is 6.34. The lowest BCUT2D eigenvalue weighted by Crippen LogP contribution is -2.31. The fourth-order valence-electron chi connectivity index (χ4n) is 2.41. The molecule has 134 valence electrons. The van der Waals surface area contributed by atoms with Gasteiger partial charge in [0.05, 0.1) is 17.7 Å². The van der Waals surface area contributed by atoms with Gasteiger partial charge in [-0.3, -0.25) is 0 Å². The maximum Gasteiger partial charge on any atom is 0.338 e. The number of carbonyl (C=O) groups is 2. The van der Waals surface area contributed by atoms with Gasteiger partial charge in [-0.25, -0.2) is 9.59 Å². The van der Waals surface area contributed by atoms with Crippen molar-refractivity contribution in [2.45, 2.75) is 66.4 Å². The Kier molecular flexibility index (Phi) is 7.96. The molecule has 0 aliphatic rings. The second kappa shape index (κ2) is 9.45. The van der Waals surface area contributed by atoms with Gasteiger partial charge in [0, 0.05) is 0 Å². The van der Waals surface area contributed by atoms with Gasteiger partial charge in [-0.05, 0) is 42.5 Å². The van der Waals surface area contributed by atoms with Gasteiger partial charge in [-0.2, -0.15) is 0 Å². The molecule has 0 N–H and O–H groups in total. The molecule has 0 saturated heterocycles. The molecule has 0 radical (unpaired) electrons. The van der Waals surface area contributed by atoms with Crippen LogP contribution < -0.4 is 0 Å². The molecular formula is C20H30O4. The van der Waals surface area contributed by atoms with Crippen molar-refractivity contribution in [3.63, 3.8) is 0 Å². The lowest BCUT2D eigenvalue weighted by atomic mass is 9.87. The zero-order valence-corrected chi connectivity index (χ0v) is 15.6. The molecule has 0 saturated carbocycles. The third-order valence-electron chi connectivity index (χ3n) is 3.92. The molecule has 0 fully saturated rings. The summed E-state index contributed by atoms with van der Waals surface area (Å²) in [6.07, 6.45) is 3.62. The Bertz CT molecular complexity index is 526. The molecule has 0 amide bonds. The molecule has 1 aromatic rings. The minimum absolute atomic E-state index is 0.105. The van der Waals surface area contributed by atoms with E-state index in [0.717, 1.165) is 25.7 Å². The van der Waals surface area contributed by atoms with Gasteiger partial charge in [-0.15, -0.1) is 0 Å². The van der Waals surface area contributed by atoms with Gasteiger partial charge >= 0.3 is 11.9 Å². The van der Waals surface area contributed by atoms with Gasteiger partial charge < -0.3 is 9.47 Å². The summed E-state index contributed by atoms with van der Waals surface area (Å²) in [6, 6.07) is 6.44. The monoisotopic (exact) mass is 334 g/mol. The van der Waals surface area contributed by atoms with E-state index in [0.29, 0.717) is 17.7 Å². The molecule has 0 aliphatic carbocycles. The minimum Gasteiger partial charge on any atom is -0.462 e. The van der Waals surface area contributed by atoms with E-state index in [4.69, 9.17) is 9.47 Å². The first-order valence-corrected chi connectivity index (χ1v) is 8.77. The van der Waals surface area contributed by atoms with Crippen LogP contribution in [0.1, 0.15) is 81.0 Å². The van der Waals surface area contributed by atoms with Crippen molar-refractivity contribution in [2.24, 2.45) is 5.41 Å². The van der Waals surface area contributed by atoms with Gasteiger partial charge in [0.2, 0.25) is 0 Å². The first-order valence-electron chi connectivity index (χ1n) is 8.77. The second-order valence-corrected chi connectivity index (χ2v) is 7.09. The van der Waals surface area contributed by atoms with E-state index in [1.54, 1.807) is 24.3 Å². The summed E-state index contributed by atoms with van der Waals surface area (Å²) in [5, 5.41) is 0. The largest absolute Gasteiger partial charge is 0.462 e. The smallest absolute Gasteiger partial charge is 0.338 e. The maximum atomic E-state index is 12.2. The molecule has 0 heterocycles. The molecule has 0 bridgehead atoms. The number of rotatable bonds is 8. The third-order valence-corrected chi connectivity index (χ3v) is 3.92. The first kappa shape index (κ1) is 20.2. The number of unbranched alkanes of at least 4 members (excludes halogenated alkanes) is 2. The highest BCUT2D eigenvalue weighted by molar-refractivity contribution is 5.93. The van der Waals surface area contributed by atoms with Crippen molar-refractivity contribution < 1.29 is 19.1 Å². The summed E-state index contributed by atoms with van der Waals surface area (Å²) < 4.78 is 10.8. The van der Waals surface area contributed by atoms with Crippen molar-refractivity contribution in [3.8, 4) is 0 Å². The number of hydrogen-bond donors (Lipinski definition) is 0. The Balaban J connectivity index is 2.63. The highest BCUT2D eigenvalue weighted by Crippen LogP contribution is 2.25. The van der Waals surface area contributed by atoms with Crippen LogP contribution in [-0.2, 0) is 9.47 Å². The predicted molar refractivity (Wildman–Crippen MR) is 95.2 cm³/mol. The molecule has 4 heteroatoms. The normalized spacial score (nSPS) is 12.5. The Morgan fingerprint density at radius 1 is 0.958 bits per heavy atom. The van der Waals surface area contributed by atoms with Crippen molar-refractivity contribution in [1.82, 2.24) is 0 Å². The Hall–Kier alpha value is -1.84. The standard InChI is InChI=1S/C20H30O4/c1-6-8-9-14-23-18(21)15-10-12-16(13-11-15)19(22)24-17(7-2)20(3,4)5/h10-13,17H,6-9,14H2,1-5H3. The topological polar surface area (TPSA) is 52.6 Å².